The lowest BCUT2D eigenvalue weighted by Crippen LogP contribution is -2.48. The molecule has 2 aromatic rings. The number of carbonyl (C=O) groups excluding carboxylic acids is 1. The third kappa shape index (κ3) is 3.95. The van der Waals surface area contributed by atoms with Crippen molar-refractivity contribution in [2.45, 2.75) is 45.1 Å². The topological polar surface area (TPSA) is 90.1 Å². The van der Waals surface area contributed by atoms with Gasteiger partial charge in [-0.15, -0.1) is 0 Å². The first-order valence-electron chi connectivity index (χ1n) is 9.72. The van der Waals surface area contributed by atoms with Gasteiger partial charge in [-0.3, -0.25) is 4.79 Å². The van der Waals surface area contributed by atoms with E-state index in [-0.39, 0.29) is 17.9 Å². The molecule has 2 unspecified atom stereocenters. The Morgan fingerprint density at radius 1 is 1.19 bits per heavy atom. The molecule has 27 heavy (non-hydrogen) atoms. The third-order valence-electron chi connectivity index (χ3n) is 5.99. The Hall–Kier alpha value is -2.47. The number of hydrogen-bond acceptors (Lipinski definition) is 5. The zero-order chi connectivity index (χ0) is 18.8. The van der Waals surface area contributed by atoms with Crippen LogP contribution in [0.15, 0.2) is 36.7 Å². The molecule has 1 aromatic heterocycles. The smallest absolute Gasteiger partial charge is 0.321 e. The second-order valence-corrected chi connectivity index (χ2v) is 7.80. The molecule has 4 rings (SSSR count). The maximum atomic E-state index is 12.8. The predicted octanol–water partition coefficient (Wildman–Crippen LogP) is 3.67. The van der Waals surface area contributed by atoms with Crippen molar-refractivity contribution < 1.29 is 9.53 Å². The number of anilines is 1. The molecule has 0 saturated heterocycles. The van der Waals surface area contributed by atoms with Crippen molar-refractivity contribution in [1.82, 2.24) is 9.97 Å². The van der Waals surface area contributed by atoms with E-state index in [2.05, 4.69) is 15.3 Å². The Morgan fingerprint density at radius 3 is 2.56 bits per heavy atom. The molecule has 0 spiro atoms. The highest BCUT2D eigenvalue weighted by molar-refractivity contribution is 5.93. The van der Waals surface area contributed by atoms with E-state index in [1.807, 2.05) is 25.1 Å². The van der Waals surface area contributed by atoms with E-state index in [4.69, 9.17) is 10.5 Å². The molecular formula is C21H26N4O2. The van der Waals surface area contributed by atoms with Crippen LogP contribution in [0.2, 0.25) is 0 Å². The van der Waals surface area contributed by atoms with Crippen molar-refractivity contribution in [3.63, 3.8) is 0 Å². The lowest BCUT2D eigenvalue weighted by atomic mass is 9.65. The zero-order valence-electron chi connectivity index (χ0n) is 15.6. The number of nitrogens with one attached hydrogen (secondary N) is 1. The fraction of sp³-hybridized carbons (Fsp3) is 0.476. The molecule has 3 N–H and O–H groups in total. The summed E-state index contributed by atoms with van der Waals surface area (Å²) in [6.07, 6.45) is 8.67. The number of aromatic nitrogens is 2. The highest BCUT2D eigenvalue weighted by Gasteiger charge is 2.40. The number of benzene rings is 1. The van der Waals surface area contributed by atoms with Crippen LogP contribution in [0.3, 0.4) is 0 Å². The number of ether oxygens (including phenoxy) is 1. The van der Waals surface area contributed by atoms with E-state index in [1.54, 1.807) is 18.5 Å². The van der Waals surface area contributed by atoms with Crippen molar-refractivity contribution in [1.29, 1.82) is 0 Å². The number of amides is 1. The molecule has 6 heteroatoms. The fourth-order valence-corrected chi connectivity index (χ4v) is 4.52. The second-order valence-electron chi connectivity index (χ2n) is 7.80. The number of fused-ring (bicyclic) bond motifs is 2. The summed E-state index contributed by atoms with van der Waals surface area (Å²) in [5.41, 5.74) is 8.12. The van der Waals surface area contributed by atoms with Crippen LogP contribution in [0.1, 0.15) is 37.7 Å². The van der Waals surface area contributed by atoms with Gasteiger partial charge in [0.2, 0.25) is 5.91 Å². The highest BCUT2D eigenvalue weighted by atomic mass is 16.5. The van der Waals surface area contributed by atoms with E-state index < -0.39 is 0 Å². The van der Waals surface area contributed by atoms with Gasteiger partial charge in [0.1, 0.15) is 5.75 Å². The second kappa shape index (κ2) is 7.64. The summed E-state index contributed by atoms with van der Waals surface area (Å²) in [4.78, 5) is 20.9. The number of aryl methyl sites for hydroxylation is 1. The molecule has 2 saturated carbocycles. The Kier molecular flexibility index (Phi) is 5.07. The van der Waals surface area contributed by atoms with E-state index in [9.17, 15) is 4.79 Å². The first-order chi connectivity index (χ1) is 13.1. The Bertz CT molecular complexity index is 797. The fourth-order valence-electron chi connectivity index (χ4n) is 4.52. The first-order valence-corrected chi connectivity index (χ1v) is 9.72. The van der Waals surface area contributed by atoms with E-state index in [0.717, 1.165) is 36.9 Å². The molecule has 2 atom stereocenters. The lowest BCUT2D eigenvalue weighted by molar-refractivity contribution is -0.122. The summed E-state index contributed by atoms with van der Waals surface area (Å²) in [5, 5.41) is 3.11. The van der Waals surface area contributed by atoms with E-state index >= 15 is 0 Å². The predicted molar refractivity (Wildman–Crippen MR) is 103 cm³/mol. The van der Waals surface area contributed by atoms with Crippen molar-refractivity contribution in [3.05, 3.63) is 42.2 Å². The molecule has 2 fully saturated rings. The summed E-state index contributed by atoms with van der Waals surface area (Å²) in [5.74, 6) is 1.82. The quantitative estimate of drug-likeness (QED) is 0.862. The molecule has 1 heterocycles. The van der Waals surface area contributed by atoms with Crippen molar-refractivity contribution >= 4 is 11.6 Å². The summed E-state index contributed by atoms with van der Waals surface area (Å²) in [6, 6.07) is 7.91. The maximum Gasteiger partial charge on any atom is 0.321 e. The van der Waals surface area contributed by atoms with Crippen LogP contribution in [0.25, 0.3) is 0 Å². The van der Waals surface area contributed by atoms with Gasteiger partial charge in [0.25, 0.3) is 0 Å². The minimum absolute atomic E-state index is 0.0631. The first kappa shape index (κ1) is 17.9. The summed E-state index contributed by atoms with van der Waals surface area (Å²) in [6.45, 7) is 1.96. The number of nitrogens with zero attached hydrogens (tertiary/aromatic N) is 2. The van der Waals surface area contributed by atoms with Crippen molar-refractivity contribution in [2.75, 3.05) is 5.32 Å². The van der Waals surface area contributed by atoms with Gasteiger partial charge in [-0.25, -0.2) is 9.97 Å². The van der Waals surface area contributed by atoms with Gasteiger partial charge in [-0.05, 0) is 74.3 Å². The number of carbonyl (C=O) groups is 1. The van der Waals surface area contributed by atoms with Crippen LogP contribution < -0.4 is 15.8 Å². The molecule has 2 aliphatic carbocycles. The molecular weight excluding hydrogens is 340 g/mol. The summed E-state index contributed by atoms with van der Waals surface area (Å²) >= 11 is 0. The van der Waals surface area contributed by atoms with E-state index in [0.29, 0.717) is 23.6 Å². The molecule has 1 amide bonds. The average molecular weight is 366 g/mol. The van der Waals surface area contributed by atoms with Gasteiger partial charge in [0.15, 0.2) is 0 Å². The van der Waals surface area contributed by atoms with Gasteiger partial charge in [-0.1, -0.05) is 6.42 Å². The van der Waals surface area contributed by atoms with Crippen molar-refractivity contribution in [2.24, 2.45) is 23.5 Å². The third-order valence-corrected chi connectivity index (χ3v) is 5.99. The molecule has 0 radical (unpaired) electrons. The average Bonchev–Trinajstić information content (AvgIpc) is 2.64. The number of rotatable bonds is 4. The molecule has 0 aliphatic heterocycles. The van der Waals surface area contributed by atoms with Crippen LogP contribution in [-0.4, -0.2) is 21.9 Å². The minimum atomic E-state index is 0.0631. The van der Waals surface area contributed by atoms with Crippen LogP contribution in [0.4, 0.5) is 5.69 Å². The minimum Gasteiger partial charge on any atom is -0.424 e. The monoisotopic (exact) mass is 366 g/mol. The standard InChI is InChI=1S/C21H26N4O2/c1-13-10-17(27-21-23-8-3-9-24-21)6-7-18(13)25-20(26)16-11-14-4-2-5-15(12-16)19(14)22/h3,6-10,14-16,19H,2,4-5,11-12,22H2,1H3,(H,25,26). The highest BCUT2D eigenvalue weighted by Crippen LogP contribution is 2.42. The zero-order valence-corrected chi connectivity index (χ0v) is 15.6. The van der Waals surface area contributed by atoms with E-state index in [1.165, 1.54) is 6.42 Å². The number of hydrogen-bond donors (Lipinski definition) is 2. The van der Waals surface area contributed by atoms with Crippen LogP contribution >= 0.6 is 0 Å². The largest absolute Gasteiger partial charge is 0.424 e. The van der Waals surface area contributed by atoms with Gasteiger partial charge in [-0.2, -0.15) is 0 Å². The lowest BCUT2D eigenvalue weighted by Gasteiger charge is -2.43. The summed E-state index contributed by atoms with van der Waals surface area (Å²) < 4.78 is 5.65. The molecule has 2 aliphatic rings. The molecule has 1 aromatic carbocycles. The molecule has 6 nitrogen and oxygen atoms in total. The van der Waals surface area contributed by atoms with Crippen LogP contribution in [0.5, 0.6) is 11.8 Å². The van der Waals surface area contributed by atoms with Crippen LogP contribution in [-0.2, 0) is 4.79 Å². The number of nitrogens with two attached hydrogens (primary N) is 1. The SMILES string of the molecule is Cc1cc(Oc2ncccn2)ccc1NC(=O)C1CC2CCCC(C1)C2N. The van der Waals surface area contributed by atoms with Gasteiger partial charge in [0, 0.05) is 30.0 Å². The van der Waals surface area contributed by atoms with Gasteiger partial charge in [0.05, 0.1) is 0 Å². The van der Waals surface area contributed by atoms with Gasteiger partial charge >= 0.3 is 6.01 Å². The Morgan fingerprint density at radius 2 is 1.89 bits per heavy atom. The normalized spacial score (nSPS) is 27.0. The molecule has 142 valence electrons. The van der Waals surface area contributed by atoms with Crippen molar-refractivity contribution in [3.8, 4) is 11.8 Å². The molecule has 2 bridgehead atoms. The Balaban J connectivity index is 1.41. The van der Waals surface area contributed by atoms with Crippen LogP contribution in [0, 0.1) is 24.7 Å². The maximum absolute atomic E-state index is 12.8. The Labute approximate surface area is 159 Å². The summed E-state index contributed by atoms with van der Waals surface area (Å²) in [7, 11) is 0. The van der Waals surface area contributed by atoms with Gasteiger partial charge < -0.3 is 15.8 Å².